The molecule has 1 aliphatic rings. The van der Waals surface area contributed by atoms with Gasteiger partial charge in [0.25, 0.3) is 0 Å². The summed E-state index contributed by atoms with van der Waals surface area (Å²) in [5.41, 5.74) is 0. The molecule has 1 aromatic carbocycles. The molecule has 1 fully saturated rings. The second-order valence-electron chi connectivity index (χ2n) is 6.02. The van der Waals surface area contributed by atoms with Gasteiger partial charge in [0.2, 0.25) is 5.95 Å². The van der Waals surface area contributed by atoms with Gasteiger partial charge in [-0.1, -0.05) is 12.1 Å². The third-order valence-corrected chi connectivity index (χ3v) is 4.61. The highest BCUT2D eigenvalue weighted by Gasteiger charge is 2.23. The van der Waals surface area contributed by atoms with Gasteiger partial charge < -0.3 is 19.1 Å². The molecule has 0 unspecified atom stereocenters. The van der Waals surface area contributed by atoms with Crippen LogP contribution in [0.5, 0.6) is 11.5 Å². The Kier molecular flexibility index (Phi) is 5.75. The number of ether oxygens (including phenoxy) is 3. The lowest BCUT2D eigenvalue weighted by atomic mass is 10.1. The molecule has 7 heteroatoms. The molecule has 0 N–H and O–H groups in total. The average Bonchev–Trinajstić information content (AvgIpc) is 3.09. The Morgan fingerprint density at radius 3 is 2.44 bits per heavy atom. The molecule has 3 rings (SSSR count). The zero-order chi connectivity index (χ0) is 17.6. The van der Waals surface area contributed by atoms with Crippen LogP contribution in [0.3, 0.4) is 0 Å². The summed E-state index contributed by atoms with van der Waals surface area (Å²) in [6.45, 7) is 5.13. The molecule has 0 aliphatic carbocycles. The Hall–Kier alpha value is -2.28. The van der Waals surface area contributed by atoms with E-state index in [9.17, 15) is 0 Å². The van der Waals surface area contributed by atoms with Crippen LogP contribution >= 0.6 is 0 Å². The van der Waals surface area contributed by atoms with Crippen LogP contribution in [0.25, 0.3) is 0 Å². The minimum Gasteiger partial charge on any atom is -0.493 e. The van der Waals surface area contributed by atoms with Crippen molar-refractivity contribution in [1.29, 1.82) is 0 Å². The lowest BCUT2D eigenvalue weighted by Crippen LogP contribution is -2.38. The topological polar surface area (TPSA) is 61.6 Å². The van der Waals surface area contributed by atoms with Crippen LogP contribution in [0.1, 0.15) is 25.6 Å². The van der Waals surface area contributed by atoms with Crippen molar-refractivity contribution in [2.45, 2.75) is 39.0 Å². The predicted molar refractivity (Wildman–Crippen MR) is 95.3 cm³/mol. The third-order valence-electron chi connectivity index (χ3n) is 4.61. The van der Waals surface area contributed by atoms with E-state index in [4.69, 9.17) is 14.2 Å². The SMILES string of the molecule is CCn1c(COc2ccccc2OC)nnc1N1CCC(OC)CC1. The normalized spacial score (nSPS) is 15.4. The Morgan fingerprint density at radius 1 is 1.08 bits per heavy atom. The number of hydrogen-bond acceptors (Lipinski definition) is 6. The van der Waals surface area contributed by atoms with E-state index in [1.54, 1.807) is 14.2 Å². The first-order valence-electron chi connectivity index (χ1n) is 8.72. The first-order valence-corrected chi connectivity index (χ1v) is 8.72. The summed E-state index contributed by atoms with van der Waals surface area (Å²) in [5, 5.41) is 8.75. The summed E-state index contributed by atoms with van der Waals surface area (Å²) in [6.07, 6.45) is 2.38. The van der Waals surface area contributed by atoms with E-state index in [2.05, 4.69) is 26.6 Å². The molecule has 7 nitrogen and oxygen atoms in total. The number of piperidine rings is 1. The molecule has 0 saturated carbocycles. The molecular weight excluding hydrogens is 320 g/mol. The molecule has 0 bridgehead atoms. The summed E-state index contributed by atoms with van der Waals surface area (Å²) in [4.78, 5) is 2.28. The maximum Gasteiger partial charge on any atom is 0.227 e. The molecular formula is C18H26N4O3. The van der Waals surface area contributed by atoms with E-state index < -0.39 is 0 Å². The van der Waals surface area contributed by atoms with E-state index in [1.165, 1.54) is 0 Å². The third kappa shape index (κ3) is 3.87. The van der Waals surface area contributed by atoms with Crippen molar-refractivity contribution in [3.63, 3.8) is 0 Å². The van der Waals surface area contributed by atoms with Crippen LogP contribution in [-0.2, 0) is 17.9 Å². The van der Waals surface area contributed by atoms with Crippen molar-refractivity contribution >= 4 is 5.95 Å². The Labute approximate surface area is 148 Å². The smallest absolute Gasteiger partial charge is 0.227 e. The summed E-state index contributed by atoms with van der Waals surface area (Å²) in [5.74, 6) is 3.15. The zero-order valence-corrected chi connectivity index (χ0v) is 15.1. The number of nitrogens with zero attached hydrogens (tertiary/aromatic N) is 4. The van der Waals surface area contributed by atoms with Crippen molar-refractivity contribution in [2.75, 3.05) is 32.2 Å². The van der Waals surface area contributed by atoms with Crippen molar-refractivity contribution in [3.8, 4) is 11.5 Å². The Balaban J connectivity index is 1.70. The van der Waals surface area contributed by atoms with E-state index in [1.807, 2.05) is 24.3 Å². The standard InChI is InChI=1S/C18H26N4O3/c1-4-22-17(13-25-16-8-6-5-7-15(16)24-3)19-20-18(22)21-11-9-14(23-2)10-12-21/h5-8,14H,4,9-13H2,1-3H3. The molecule has 136 valence electrons. The maximum atomic E-state index is 5.90. The number of hydrogen-bond donors (Lipinski definition) is 0. The largest absolute Gasteiger partial charge is 0.493 e. The monoisotopic (exact) mass is 346 g/mol. The second kappa shape index (κ2) is 8.20. The quantitative estimate of drug-likeness (QED) is 0.768. The molecule has 1 saturated heterocycles. The summed E-state index contributed by atoms with van der Waals surface area (Å²) in [7, 11) is 3.42. The minimum atomic E-state index is 0.350. The van der Waals surface area contributed by atoms with Crippen LogP contribution in [-0.4, -0.2) is 48.2 Å². The van der Waals surface area contributed by atoms with Gasteiger partial charge in [-0.25, -0.2) is 0 Å². The van der Waals surface area contributed by atoms with Gasteiger partial charge in [0, 0.05) is 26.7 Å². The Morgan fingerprint density at radius 2 is 1.80 bits per heavy atom. The molecule has 2 aromatic rings. The minimum absolute atomic E-state index is 0.350. The zero-order valence-electron chi connectivity index (χ0n) is 15.1. The fraction of sp³-hybridized carbons (Fsp3) is 0.556. The van der Waals surface area contributed by atoms with Gasteiger partial charge in [0.05, 0.1) is 13.2 Å². The molecule has 1 aliphatic heterocycles. The van der Waals surface area contributed by atoms with Crippen molar-refractivity contribution in [2.24, 2.45) is 0 Å². The van der Waals surface area contributed by atoms with Gasteiger partial charge in [-0.2, -0.15) is 0 Å². The van der Waals surface area contributed by atoms with E-state index in [0.717, 1.165) is 44.2 Å². The molecule has 0 atom stereocenters. The highest BCUT2D eigenvalue weighted by molar-refractivity contribution is 5.39. The fourth-order valence-corrected chi connectivity index (χ4v) is 3.16. The number of para-hydroxylation sites is 2. The van der Waals surface area contributed by atoms with Crippen molar-refractivity contribution in [3.05, 3.63) is 30.1 Å². The maximum absolute atomic E-state index is 5.90. The van der Waals surface area contributed by atoms with Crippen molar-refractivity contribution in [1.82, 2.24) is 14.8 Å². The van der Waals surface area contributed by atoms with Gasteiger partial charge in [0.1, 0.15) is 6.61 Å². The van der Waals surface area contributed by atoms with Gasteiger partial charge in [0.15, 0.2) is 17.3 Å². The van der Waals surface area contributed by atoms with E-state index >= 15 is 0 Å². The van der Waals surface area contributed by atoms with Gasteiger partial charge in [-0.3, -0.25) is 4.57 Å². The lowest BCUT2D eigenvalue weighted by molar-refractivity contribution is 0.0815. The van der Waals surface area contributed by atoms with Crippen LogP contribution in [0.2, 0.25) is 0 Å². The Bertz CT molecular complexity index is 681. The fourth-order valence-electron chi connectivity index (χ4n) is 3.16. The van der Waals surface area contributed by atoms with Crippen LogP contribution in [0.15, 0.2) is 24.3 Å². The van der Waals surface area contributed by atoms with Crippen LogP contribution in [0, 0.1) is 0 Å². The van der Waals surface area contributed by atoms with Gasteiger partial charge in [-0.15, -0.1) is 10.2 Å². The average molecular weight is 346 g/mol. The first-order chi connectivity index (χ1) is 12.3. The van der Waals surface area contributed by atoms with Crippen LogP contribution in [0.4, 0.5) is 5.95 Å². The lowest BCUT2D eigenvalue weighted by Gasteiger charge is -2.31. The highest BCUT2D eigenvalue weighted by Crippen LogP contribution is 2.27. The molecule has 0 radical (unpaired) electrons. The number of aromatic nitrogens is 3. The number of benzene rings is 1. The molecule has 0 amide bonds. The summed E-state index contributed by atoms with van der Waals surface area (Å²) in [6, 6.07) is 7.61. The van der Waals surface area contributed by atoms with Gasteiger partial charge >= 0.3 is 0 Å². The molecule has 2 heterocycles. The van der Waals surface area contributed by atoms with E-state index in [-0.39, 0.29) is 0 Å². The number of methoxy groups -OCH3 is 2. The molecule has 0 spiro atoms. The van der Waals surface area contributed by atoms with Crippen molar-refractivity contribution < 1.29 is 14.2 Å². The van der Waals surface area contributed by atoms with Crippen LogP contribution < -0.4 is 14.4 Å². The number of anilines is 1. The number of rotatable bonds is 7. The first kappa shape index (κ1) is 17.5. The van der Waals surface area contributed by atoms with E-state index in [0.29, 0.717) is 24.2 Å². The van der Waals surface area contributed by atoms with Gasteiger partial charge in [-0.05, 0) is 31.9 Å². The molecule has 25 heavy (non-hydrogen) atoms. The second-order valence-corrected chi connectivity index (χ2v) is 6.02. The summed E-state index contributed by atoms with van der Waals surface area (Å²) < 4.78 is 18.8. The highest BCUT2D eigenvalue weighted by atomic mass is 16.5. The molecule has 1 aromatic heterocycles. The predicted octanol–water partition coefficient (Wildman–Crippen LogP) is 2.50. The summed E-state index contributed by atoms with van der Waals surface area (Å²) >= 11 is 0.